The van der Waals surface area contributed by atoms with E-state index in [1.807, 2.05) is 24.3 Å². The van der Waals surface area contributed by atoms with E-state index in [-0.39, 0.29) is 24.2 Å². The lowest BCUT2D eigenvalue weighted by molar-refractivity contribution is -0.138. The Hall–Kier alpha value is -3.58. The molecule has 31 heavy (non-hydrogen) atoms. The highest BCUT2D eigenvalue weighted by atomic mass is 19.1. The van der Waals surface area contributed by atoms with E-state index in [4.69, 9.17) is 15.5 Å². The van der Waals surface area contributed by atoms with Gasteiger partial charge in [-0.25, -0.2) is 9.37 Å². The van der Waals surface area contributed by atoms with Crippen molar-refractivity contribution in [1.29, 1.82) is 0 Å². The molecule has 3 aromatic rings. The molecule has 1 aliphatic rings. The number of aromatic nitrogens is 1. The molecule has 2 heterocycles. The summed E-state index contributed by atoms with van der Waals surface area (Å²) in [4.78, 5) is 30.7. The smallest absolute Gasteiger partial charge is 0.248 e. The summed E-state index contributed by atoms with van der Waals surface area (Å²) in [6, 6.07) is 18.5. The monoisotopic (exact) mass is 419 g/mol. The van der Waals surface area contributed by atoms with Crippen molar-refractivity contribution in [3.63, 3.8) is 0 Å². The van der Waals surface area contributed by atoms with Gasteiger partial charge in [-0.1, -0.05) is 30.3 Å². The van der Waals surface area contributed by atoms with Crippen LogP contribution in [0.25, 0.3) is 11.3 Å². The Labute approximate surface area is 179 Å². The quantitative estimate of drug-likeness (QED) is 0.689. The number of rotatable bonds is 5. The summed E-state index contributed by atoms with van der Waals surface area (Å²) in [5.74, 6) is -0.857. The third-order valence-corrected chi connectivity index (χ3v) is 5.23. The summed E-state index contributed by atoms with van der Waals surface area (Å²) in [6.45, 7) is 1.29. The van der Waals surface area contributed by atoms with Crippen LogP contribution in [0.2, 0.25) is 0 Å². The van der Waals surface area contributed by atoms with E-state index in [1.165, 1.54) is 12.1 Å². The van der Waals surface area contributed by atoms with Gasteiger partial charge in [0.1, 0.15) is 11.9 Å². The first kappa shape index (κ1) is 20.7. The number of carbonyl (C=O) groups excluding carboxylic acids is 2. The van der Waals surface area contributed by atoms with E-state index < -0.39 is 5.91 Å². The zero-order valence-corrected chi connectivity index (χ0v) is 16.8. The predicted molar refractivity (Wildman–Crippen MR) is 114 cm³/mol. The molecule has 1 saturated heterocycles. The van der Waals surface area contributed by atoms with Gasteiger partial charge in [0.2, 0.25) is 11.8 Å². The number of carbonyl (C=O) groups is 2. The SMILES string of the molecule is NC(=O)c1cccc(-c2cccc(C3CN(C(=O)Cc4ccc(F)cc4)CCO3)n2)c1. The topological polar surface area (TPSA) is 85.5 Å². The van der Waals surface area contributed by atoms with E-state index in [0.717, 1.165) is 11.1 Å². The van der Waals surface area contributed by atoms with Gasteiger partial charge in [0.05, 0.1) is 31.0 Å². The molecule has 2 N–H and O–H groups in total. The lowest BCUT2D eigenvalue weighted by Gasteiger charge is -2.33. The molecule has 0 bridgehead atoms. The van der Waals surface area contributed by atoms with Crippen molar-refractivity contribution in [2.45, 2.75) is 12.5 Å². The second-order valence-electron chi connectivity index (χ2n) is 7.40. The van der Waals surface area contributed by atoms with Gasteiger partial charge in [-0.2, -0.15) is 0 Å². The van der Waals surface area contributed by atoms with Gasteiger partial charge in [0.15, 0.2) is 0 Å². The van der Waals surface area contributed by atoms with Crippen molar-refractivity contribution < 1.29 is 18.7 Å². The molecule has 1 atom stereocenters. The van der Waals surface area contributed by atoms with Crippen LogP contribution in [-0.4, -0.2) is 41.4 Å². The normalized spacial score (nSPS) is 16.2. The average Bonchev–Trinajstić information content (AvgIpc) is 2.81. The van der Waals surface area contributed by atoms with Gasteiger partial charge in [-0.15, -0.1) is 0 Å². The van der Waals surface area contributed by atoms with E-state index in [2.05, 4.69) is 0 Å². The van der Waals surface area contributed by atoms with Crippen LogP contribution >= 0.6 is 0 Å². The molecule has 158 valence electrons. The summed E-state index contributed by atoms with van der Waals surface area (Å²) in [5.41, 5.74) is 8.74. The van der Waals surface area contributed by atoms with Crippen molar-refractivity contribution in [3.8, 4) is 11.3 Å². The van der Waals surface area contributed by atoms with Crippen molar-refractivity contribution in [2.24, 2.45) is 5.73 Å². The number of hydrogen-bond donors (Lipinski definition) is 1. The third-order valence-electron chi connectivity index (χ3n) is 5.23. The van der Waals surface area contributed by atoms with E-state index in [9.17, 15) is 14.0 Å². The number of primary amides is 1. The molecule has 0 aliphatic carbocycles. The first-order valence-corrected chi connectivity index (χ1v) is 10.0. The van der Waals surface area contributed by atoms with Crippen LogP contribution in [0.3, 0.4) is 0 Å². The number of nitrogens with zero attached hydrogens (tertiary/aromatic N) is 2. The van der Waals surface area contributed by atoms with Crippen molar-refractivity contribution in [2.75, 3.05) is 19.7 Å². The molecule has 6 nitrogen and oxygen atoms in total. The lowest BCUT2D eigenvalue weighted by atomic mass is 10.1. The van der Waals surface area contributed by atoms with Crippen molar-refractivity contribution >= 4 is 11.8 Å². The van der Waals surface area contributed by atoms with Crippen molar-refractivity contribution in [1.82, 2.24) is 9.88 Å². The summed E-state index contributed by atoms with van der Waals surface area (Å²) in [5, 5.41) is 0. The van der Waals surface area contributed by atoms with Gasteiger partial charge >= 0.3 is 0 Å². The van der Waals surface area contributed by atoms with Crippen LogP contribution in [0, 0.1) is 5.82 Å². The van der Waals surface area contributed by atoms with Gasteiger partial charge in [0.25, 0.3) is 0 Å². The zero-order valence-electron chi connectivity index (χ0n) is 16.8. The minimum Gasteiger partial charge on any atom is -0.368 e. The lowest BCUT2D eigenvalue weighted by Crippen LogP contribution is -2.43. The van der Waals surface area contributed by atoms with Gasteiger partial charge in [0, 0.05) is 17.7 Å². The van der Waals surface area contributed by atoms with Crippen LogP contribution in [0.15, 0.2) is 66.7 Å². The first-order valence-electron chi connectivity index (χ1n) is 10.0. The van der Waals surface area contributed by atoms with E-state index in [1.54, 1.807) is 35.2 Å². The number of morpholine rings is 1. The fourth-order valence-electron chi connectivity index (χ4n) is 3.57. The van der Waals surface area contributed by atoms with Crippen LogP contribution in [0.5, 0.6) is 0 Å². The van der Waals surface area contributed by atoms with Gasteiger partial charge < -0.3 is 15.4 Å². The number of halogens is 1. The minimum absolute atomic E-state index is 0.0368. The Balaban J connectivity index is 1.49. The maximum atomic E-state index is 13.1. The van der Waals surface area contributed by atoms with E-state index in [0.29, 0.717) is 36.6 Å². The second kappa shape index (κ2) is 9.06. The average molecular weight is 419 g/mol. The molecule has 7 heteroatoms. The first-order chi connectivity index (χ1) is 15.0. The summed E-state index contributed by atoms with van der Waals surface area (Å²) < 4.78 is 19.0. The molecule has 1 aromatic heterocycles. The molecular formula is C24H22FN3O3. The fraction of sp³-hybridized carbons (Fsp3) is 0.208. The Kier molecular flexibility index (Phi) is 6.04. The molecule has 0 radical (unpaired) electrons. The highest BCUT2D eigenvalue weighted by Crippen LogP contribution is 2.25. The molecule has 4 rings (SSSR count). The highest BCUT2D eigenvalue weighted by Gasteiger charge is 2.26. The maximum absolute atomic E-state index is 13.1. The molecule has 0 saturated carbocycles. The van der Waals surface area contributed by atoms with Gasteiger partial charge in [-0.05, 0) is 42.0 Å². The Morgan fingerprint density at radius 1 is 1.10 bits per heavy atom. The van der Waals surface area contributed by atoms with Gasteiger partial charge in [-0.3, -0.25) is 9.59 Å². The molecule has 1 aliphatic heterocycles. The highest BCUT2D eigenvalue weighted by molar-refractivity contribution is 5.94. The van der Waals surface area contributed by atoms with E-state index >= 15 is 0 Å². The number of ether oxygens (including phenoxy) is 1. The zero-order chi connectivity index (χ0) is 21.8. The standard InChI is InChI=1S/C24H22FN3O3/c25-19-9-7-16(8-10-19)13-23(29)28-11-12-31-22(15-28)21-6-2-5-20(27-21)17-3-1-4-18(14-17)24(26)30/h1-10,14,22H,11-13,15H2,(H2,26,30). The Bertz CT molecular complexity index is 1100. The summed E-state index contributed by atoms with van der Waals surface area (Å²) >= 11 is 0. The molecule has 1 unspecified atom stereocenters. The largest absolute Gasteiger partial charge is 0.368 e. The predicted octanol–water partition coefficient (Wildman–Crippen LogP) is 3.13. The number of pyridine rings is 1. The molecule has 2 amide bonds. The summed E-state index contributed by atoms with van der Waals surface area (Å²) in [6.07, 6.45) is -0.148. The van der Waals surface area contributed by atoms with Crippen LogP contribution in [-0.2, 0) is 16.0 Å². The van der Waals surface area contributed by atoms with Crippen LogP contribution < -0.4 is 5.73 Å². The summed E-state index contributed by atoms with van der Waals surface area (Å²) in [7, 11) is 0. The Morgan fingerprint density at radius 3 is 2.65 bits per heavy atom. The number of nitrogens with two attached hydrogens (primary N) is 1. The minimum atomic E-state index is -0.496. The number of benzene rings is 2. The molecule has 2 aromatic carbocycles. The van der Waals surface area contributed by atoms with Crippen molar-refractivity contribution in [3.05, 3.63) is 89.4 Å². The fourth-order valence-corrected chi connectivity index (χ4v) is 3.57. The maximum Gasteiger partial charge on any atom is 0.248 e. The number of amides is 2. The number of hydrogen-bond acceptors (Lipinski definition) is 4. The Morgan fingerprint density at radius 2 is 1.87 bits per heavy atom. The molecule has 0 spiro atoms. The molecular weight excluding hydrogens is 397 g/mol. The van der Waals surface area contributed by atoms with Crippen LogP contribution in [0.4, 0.5) is 4.39 Å². The van der Waals surface area contributed by atoms with Crippen LogP contribution in [0.1, 0.15) is 27.7 Å². The third kappa shape index (κ3) is 4.95. The second-order valence-corrected chi connectivity index (χ2v) is 7.40. The molecule has 1 fully saturated rings.